The van der Waals surface area contributed by atoms with Crippen molar-refractivity contribution in [2.45, 2.75) is 20.0 Å². The second kappa shape index (κ2) is 10.0. The van der Waals surface area contributed by atoms with Gasteiger partial charge in [0.05, 0.1) is 18.8 Å². The van der Waals surface area contributed by atoms with Crippen LogP contribution in [-0.2, 0) is 27.4 Å². The van der Waals surface area contributed by atoms with Crippen molar-refractivity contribution in [2.24, 2.45) is 0 Å². The van der Waals surface area contributed by atoms with Gasteiger partial charge in [-0.1, -0.05) is 36.4 Å². The van der Waals surface area contributed by atoms with E-state index in [1.54, 1.807) is 12.1 Å². The van der Waals surface area contributed by atoms with Crippen LogP contribution in [-0.4, -0.2) is 44.8 Å². The molecule has 0 unspecified atom stereocenters. The molecule has 0 atom stereocenters. The molecule has 6 nitrogen and oxygen atoms in total. The molecular weight excluding hydrogens is 356 g/mol. The van der Waals surface area contributed by atoms with Gasteiger partial charge in [-0.2, -0.15) is 0 Å². The minimum atomic E-state index is -0.490. The predicted molar refractivity (Wildman–Crippen MR) is 105 cm³/mol. The van der Waals surface area contributed by atoms with Gasteiger partial charge in [0.1, 0.15) is 19.6 Å². The number of carbonyl (C=O) groups is 2. The van der Waals surface area contributed by atoms with Crippen molar-refractivity contribution < 1.29 is 24.0 Å². The largest absolute Gasteiger partial charge is 0.452 e. The van der Waals surface area contributed by atoms with E-state index in [0.717, 1.165) is 44.0 Å². The van der Waals surface area contributed by atoms with E-state index < -0.39 is 5.97 Å². The van der Waals surface area contributed by atoms with Gasteiger partial charge in [-0.15, -0.1) is 0 Å². The summed E-state index contributed by atoms with van der Waals surface area (Å²) in [6.07, 6.45) is 0. The van der Waals surface area contributed by atoms with Crippen LogP contribution >= 0.6 is 0 Å². The van der Waals surface area contributed by atoms with Crippen LogP contribution in [0, 0.1) is 6.92 Å². The minimum absolute atomic E-state index is 0.287. The Morgan fingerprint density at radius 2 is 1.79 bits per heavy atom. The Labute approximate surface area is 165 Å². The number of carbonyl (C=O) groups excluding carboxylic acids is 2. The maximum absolute atomic E-state index is 12.2. The SMILES string of the molecule is Cc1ccccc1CNC(=O)COC(=O)c1ccc(C[NH+]2CCOCC2)cc1. The fourth-order valence-electron chi connectivity index (χ4n) is 3.15. The monoisotopic (exact) mass is 383 g/mol. The van der Waals surface area contributed by atoms with Crippen LogP contribution in [0.5, 0.6) is 0 Å². The highest BCUT2D eigenvalue weighted by molar-refractivity contribution is 5.91. The van der Waals surface area contributed by atoms with Crippen molar-refractivity contribution in [1.82, 2.24) is 5.32 Å². The molecule has 2 aromatic rings. The molecule has 1 aliphatic heterocycles. The molecule has 0 bridgehead atoms. The van der Waals surface area contributed by atoms with Crippen LogP contribution in [0.15, 0.2) is 48.5 Å². The average molecular weight is 383 g/mol. The number of rotatable bonds is 7. The minimum Gasteiger partial charge on any atom is -0.452 e. The van der Waals surface area contributed by atoms with Crippen LogP contribution in [0.3, 0.4) is 0 Å². The van der Waals surface area contributed by atoms with Crippen molar-refractivity contribution in [1.29, 1.82) is 0 Å². The molecule has 0 spiro atoms. The van der Waals surface area contributed by atoms with Crippen molar-refractivity contribution in [3.05, 3.63) is 70.8 Å². The van der Waals surface area contributed by atoms with Crippen LogP contribution in [0.4, 0.5) is 0 Å². The first kappa shape index (κ1) is 20.0. The van der Waals surface area contributed by atoms with E-state index >= 15 is 0 Å². The van der Waals surface area contributed by atoms with Crippen LogP contribution in [0.2, 0.25) is 0 Å². The highest BCUT2D eigenvalue weighted by Gasteiger charge is 2.15. The molecule has 6 heteroatoms. The van der Waals surface area contributed by atoms with Gasteiger partial charge in [0.15, 0.2) is 6.61 Å². The van der Waals surface area contributed by atoms with E-state index in [1.807, 2.05) is 43.3 Å². The van der Waals surface area contributed by atoms with Gasteiger partial charge in [0.25, 0.3) is 5.91 Å². The number of hydrogen-bond acceptors (Lipinski definition) is 4. The third-order valence-electron chi connectivity index (χ3n) is 4.92. The summed E-state index contributed by atoms with van der Waals surface area (Å²) in [4.78, 5) is 25.6. The van der Waals surface area contributed by atoms with E-state index in [1.165, 1.54) is 10.5 Å². The number of quaternary nitrogens is 1. The zero-order valence-corrected chi connectivity index (χ0v) is 16.2. The van der Waals surface area contributed by atoms with E-state index in [0.29, 0.717) is 12.1 Å². The highest BCUT2D eigenvalue weighted by Crippen LogP contribution is 2.07. The first-order valence-electron chi connectivity index (χ1n) is 9.60. The number of ether oxygens (including phenoxy) is 2. The summed E-state index contributed by atoms with van der Waals surface area (Å²) >= 11 is 0. The number of hydrogen-bond donors (Lipinski definition) is 2. The second-order valence-electron chi connectivity index (χ2n) is 7.02. The van der Waals surface area contributed by atoms with Crippen molar-refractivity contribution in [3.63, 3.8) is 0 Å². The summed E-state index contributed by atoms with van der Waals surface area (Å²) in [6, 6.07) is 15.2. The summed E-state index contributed by atoms with van der Waals surface area (Å²) in [5, 5.41) is 2.77. The summed E-state index contributed by atoms with van der Waals surface area (Å²) in [7, 11) is 0. The third kappa shape index (κ3) is 5.90. The van der Waals surface area contributed by atoms with Crippen LogP contribution in [0.25, 0.3) is 0 Å². The number of amides is 1. The fourth-order valence-corrected chi connectivity index (χ4v) is 3.15. The summed E-state index contributed by atoms with van der Waals surface area (Å²) in [5.74, 6) is -0.805. The molecule has 0 aliphatic carbocycles. The normalized spacial score (nSPS) is 14.5. The molecule has 1 fully saturated rings. The van der Waals surface area contributed by atoms with Crippen LogP contribution < -0.4 is 10.2 Å². The van der Waals surface area contributed by atoms with Gasteiger partial charge in [-0.3, -0.25) is 4.79 Å². The Morgan fingerprint density at radius 1 is 1.07 bits per heavy atom. The van der Waals surface area contributed by atoms with Gasteiger partial charge in [0.2, 0.25) is 0 Å². The summed E-state index contributed by atoms with van der Waals surface area (Å²) in [5.41, 5.74) is 3.77. The molecule has 1 amide bonds. The van der Waals surface area contributed by atoms with E-state index in [2.05, 4.69) is 5.32 Å². The van der Waals surface area contributed by atoms with E-state index in [-0.39, 0.29) is 12.5 Å². The lowest BCUT2D eigenvalue weighted by Gasteiger charge is -2.23. The van der Waals surface area contributed by atoms with Gasteiger partial charge in [0, 0.05) is 12.1 Å². The van der Waals surface area contributed by atoms with E-state index in [4.69, 9.17) is 9.47 Å². The zero-order valence-electron chi connectivity index (χ0n) is 16.2. The molecule has 28 heavy (non-hydrogen) atoms. The number of benzene rings is 2. The van der Waals surface area contributed by atoms with E-state index in [9.17, 15) is 9.59 Å². The summed E-state index contributed by atoms with van der Waals surface area (Å²) in [6.45, 7) is 6.64. The molecule has 0 radical (unpaired) electrons. The highest BCUT2D eigenvalue weighted by atomic mass is 16.5. The Morgan fingerprint density at radius 3 is 2.50 bits per heavy atom. The first-order chi connectivity index (χ1) is 13.6. The van der Waals surface area contributed by atoms with Gasteiger partial charge >= 0.3 is 5.97 Å². The molecule has 0 saturated carbocycles. The Bertz CT molecular complexity index is 798. The average Bonchev–Trinajstić information content (AvgIpc) is 2.73. The predicted octanol–water partition coefficient (Wildman–Crippen LogP) is 0.883. The fraction of sp³-hybridized carbons (Fsp3) is 0.364. The van der Waals surface area contributed by atoms with Gasteiger partial charge < -0.3 is 19.7 Å². The number of morpholine rings is 1. The first-order valence-corrected chi connectivity index (χ1v) is 9.60. The lowest BCUT2D eigenvalue weighted by atomic mass is 10.1. The molecule has 2 N–H and O–H groups in total. The lowest BCUT2D eigenvalue weighted by Crippen LogP contribution is -3.12. The lowest BCUT2D eigenvalue weighted by molar-refractivity contribution is -0.921. The maximum Gasteiger partial charge on any atom is 0.338 e. The molecule has 2 aromatic carbocycles. The number of nitrogens with one attached hydrogen (secondary N) is 2. The Kier molecular flexibility index (Phi) is 7.17. The third-order valence-corrected chi connectivity index (χ3v) is 4.92. The molecule has 1 aliphatic rings. The molecule has 1 heterocycles. The molecule has 148 valence electrons. The van der Waals surface area contributed by atoms with Gasteiger partial charge in [-0.25, -0.2) is 4.79 Å². The standard InChI is InChI=1S/C22H26N2O4/c1-17-4-2-3-5-20(17)14-23-21(25)16-28-22(26)19-8-6-18(7-9-19)15-24-10-12-27-13-11-24/h2-9H,10-16H2,1H3,(H,23,25)/p+1. The second-order valence-corrected chi connectivity index (χ2v) is 7.02. The maximum atomic E-state index is 12.2. The van der Waals surface area contributed by atoms with Gasteiger partial charge in [-0.05, 0) is 30.2 Å². The number of esters is 1. The Hall–Kier alpha value is -2.70. The zero-order chi connectivity index (χ0) is 19.8. The summed E-state index contributed by atoms with van der Waals surface area (Å²) < 4.78 is 10.5. The van der Waals surface area contributed by atoms with Crippen molar-refractivity contribution >= 4 is 11.9 Å². The van der Waals surface area contributed by atoms with Crippen molar-refractivity contribution in [2.75, 3.05) is 32.9 Å². The number of aryl methyl sites for hydroxylation is 1. The van der Waals surface area contributed by atoms with Crippen molar-refractivity contribution in [3.8, 4) is 0 Å². The molecule has 0 aromatic heterocycles. The smallest absolute Gasteiger partial charge is 0.338 e. The molecule has 1 saturated heterocycles. The topological polar surface area (TPSA) is 69.1 Å². The molecular formula is C22H27N2O4+. The molecule has 3 rings (SSSR count). The Balaban J connectivity index is 1.42. The quantitative estimate of drug-likeness (QED) is 0.697. The van der Waals surface area contributed by atoms with Crippen LogP contribution in [0.1, 0.15) is 27.0 Å².